The molecule has 33 heavy (non-hydrogen) atoms. The number of benzene rings is 2. The van der Waals surface area contributed by atoms with Crippen molar-refractivity contribution in [3.8, 4) is 5.75 Å². The molecule has 174 valence electrons. The number of para-hydroxylation sites is 2. The molecule has 0 spiro atoms. The van der Waals surface area contributed by atoms with E-state index in [4.69, 9.17) is 14.5 Å². The van der Waals surface area contributed by atoms with Crippen molar-refractivity contribution >= 4 is 16.7 Å². The van der Waals surface area contributed by atoms with Gasteiger partial charge in [0.25, 0.3) is 0 Å². The van der Waals surface area contributed by atoms with Crippen LogP contribution >= 0.6 is 0 Å². The highest BCUT2D eigenvalue weighted by atomic mass is 16.5. The van der Waals surface area contributed by atoms with Gasteiger partial charge in [0.05, 0.1) is 36.0 Å². The number of anilines is 1. The van der Waals surface area contributed by atoms with Crippen molar-refractivity contribution in [1.82, 2.24) is 14.9 Å². The summed E-state index contributed by atoms with van der Waals surface area (Å²) in [6.07, 6.45) is 6.70. The molecule has 3 heterocycles. The quantitative estimate of drug-likeness (QED) is 0.573. The number of aromatic nitrogens is 2. The second-order valence-corrected chi connectivity index (χ2v) is 9.87. The summed E-state index contributed by atoms with van der Waals surface area (Å²) < 4.78 is 12.0. The number of aromatic amines is 1. The third kappa shape index (κ3) is 4.11. The topological polar surface area (TPSA) is 62.4 Å². The van der Waals surface area contributed by atoms with E-state index in [0.29, 0.717) is 12.5 Å². The van der Waals surface area contributed by atoms with E-state index in [2.05, 4.69) is 64.6 Å². The molecule has 3 aliphatic rings. The maximum Gasteiger partial charge on any atom is 0.124 e. The first-order valence-corrected chi connectivity index (χ1v) is 12.6. The lowest BCUT2D eigenvalue weighted by atomic mass is 9.89. The Kier molecular flexibility index (Phi) is 5.72. The van der Waals surface area contributed by atoms with Crippen LogP contribution < -0.4 is 10.1 Å². The molecule has 6 heteroatoms. The van der Waals surface area contributed by atoms with Gasteiger partial charge >= 0.3 is 0 Å². The molecule has 1 saturated heterocycles. The number of morpholine rings is 1. The summed E-state index contributed by atoms with van der Waals surface area (Å²) >= 11 is 0. The van der Waals surface area contributed by atoms with Crippen molar-refractivity contribution in [2.24, 2.45) is 0 Å². The fraction of sp³-hybridized carbons (Fsp3) is 0.519. The lowest BCUT2D eigenvalue weighted by molar-refractivity contribution is -0.0465. The first-order chi connectivity index (χ1) is 16.3. The van der Waals surface area contributed by atoms with Crippen molar-refractivity contribution in [1.29, 1.82) is 0 Å². The predicted molar refractivity (Wildman–Crippen MR) is 131 cm³/mol. The van der Waals surface area contributed by atoms with Crippen LogP contribution in [-0.4, -0.2) is 53.3 Å². The van der Waals surface area contributed by atoms with E-state index >= 15 is 0 Å². The van der Waals surface area contributed by atoms with Gasteiger partial charge in [0.1, 0.15) is 23.7 Å². The third-order valence-corrected chi connectivity index (χ3v) is 7.62. The molecule has 0 bridgehead atoms. The second kappa shape index (κ2) is 8.99. The molecule has 1 saturated carbocycles. The number of nitrogens with zero attached hydrogens (tertiary/aromatic N) is 2. The first-order valence-electron chi connectivity index (χ1n) is 12.6. The van der Waals surface area contributed by atoms with Crippen molar-refractivity contribution < 1.29 is 9.47 Å². The Morgan fingerprint density at radius 3 is 2.82 bits per heavy atom. The van der Waals surface area contributed by atoms with Crippen LogP contribution in [0.3, 0.4) is 0 Å². The van der Waals surface area contributed by atoms with Gasteiger partial charge in [-0.05, 0) is 38.0 Å². The van der Waals surface area contributed by atoms with Crippen molar-refractivity contribution in [3.05, 3.63) is 53.9 Å². The van der Waals surface area contributed by atoms with Crippen LogP contribution in [0.15, 0.2) is 42.5 Å². The molecule has 2 N–H and O–H groups in total. The predicted octanol–water partition coefficient (Wildman–Crippen LogP) is 5.25. The highest BCUT2D eigenvalue weighted by Crippen LogP contribution is 2.39. The van der Waals surface area contributed by atoms with Crippen LogP contribution in [0.4, 0.5) is 5.69 Å². The first kappa shape index (κ1) is 21.0. The van der Waals surface area contributed by atoms with Crippen LogP contribution in [0.25, 0.3) is 11.0 Å². The van der Waals surface area contributed by atoms with Crippen LogP contribution in [0.2, 0.25) is 0 Å². The van der Waals surface area contributed by atoms with Crippen molar-refractivity contribution in [3.63, 3.8) is 0 Å². The molecule has 0 unspecified atom stereocenters. The second-order valence-electron chi connectivity index (χ2n) is 9.87. The Labute approximate surface area is 195 Å². The summed E-state index contributed by atoms with van der Waals surface area (Å²) in [6, 6.07) is 15.3. The van der Waals surface area contributed by atoms with Crippen LogP contribution in [0.5, 0.6) is 5.75 Å². The Morgan fingerprint density at radius 2 is 1.94 bits per heavy atom. The molecular formula is C27H34N4O2. The highest BCUT2D eigenvalue weighted by Gasteiger charge is 2.37. The van der Waals surface area contributed by atoms with Gasteiger partial charge in [0, 0.05) is 24.6 Å². The lowest BCUT2D eigenvalue weighted by Crippen LogP contribution is -2.54. The molecule has 2 aromatic carbocycles. The standard InChI is InChI=1S/C27H34N4O2/c1-18-16-31(14-15-32-18)23-17-33-24-13-6-5-10-20(24)25(23)28-21-11-7-12-22-26(21)30-27(29-22)19-8-3-2-4-9-19/h5-7,10-13,18-19,23,25,28H,2-4,8-9,14-17H2,1H3,(H,29,30)/t18-,23+,25+/m1/s1. The van der Waals surface area contributed by atoms with Gasteiger partial charge in [0.2, 0.25) is 0 Å². The average molecular weight is 447 g/mol. The lowest BCUT2D eigenvalue weighted by Gasteiger charge is -2.44. The number of ether oxygens (including phenoxy) is 2. The minimum Gasteiger partial charge on any atom is -0.491 e. The number of imidazole rings is 1. The number of H-pyrrole nitrogens is 1. The number of rotatable bonds is 4. The third-order valence-electron chi connectivity index (χ3n) is 7.62. The zero-order valence-electron chi connectivity index (χ0n) is 19.4. The molecule has 6 nitrogen and oxygen atoms in total. The number of fused-ring (bicyclic) bond motifs is 2. The van der Waals surface area contributed by atoms with Crippen LogP contribution in [0.1, 0.15) is 62.4 Å². The van der Waals surface area contributed by atoms with E-state index in [1.165, 1.54) is 37.7 Å². The number of nitrogens with one attached hydrogen (secondary N) is 2. The van der Waals surface area contributed by atoms with Gasteiger partial charge in [-0.15, -0.1) is 0 Å². The van der Waals surface area contributed by atoms with Gasteiger partial charge in [-0.2, -0.15) is 0 Å². The molecule has 3 atom stereocenters. The Bertz CT molecular complexity index is 1110. The monoisotopic (exact) mass is 446 g/mol. The molecular weight excluding hydrogens is 412 g/mol. The Morgan fingerprint density at radius 1 is 1.06 bits per heavy atom. The van der Waals surface area contributed by atoms with Crippen LogP contribution in [-0.2, 0) is 4.74 Å². The van der Waals surface area contributed by atoms with Crippen LogP contribution in [0, 0.1) is 0 Å². The summed E-state index contributed by atoms with van der Waals surface area (Å²) in [4.78, 5) is 11.3. The maximum absolute atomic E-state index is 6.22. The maximum atomic E-state index is 6.22. The molecule has 2 fully saturated rings. The number of hydrogen-bond acceptors (Lipinski definition) is 5. The van der Waals surface area contributed by atoms with E-state index in [1.807, 2.05) is 0 Å². The fourth-order valence-corrected chi connectivity index (χ4v) is 5.89. The van der Waals surface area contributed by atoms with Gasteiger partial charge in [0.15, 0.2) is 0 Å². The minimum absolute atomic E-state index is 0.126. The minimum atomic E-state index is 0.126. The summed E-state index contributed by atoms with van der Waals surface area (Å²) in [5.41, 5.74) is 4.49. The summed E-state index contributed by atoms with van der Waals surface area (Å²) in [5.74, 6) is 2.69. The zero-order valence-corrected chi connectivity index (χ0v) is 19.4. The molecule has 6 rings (SSSR count). The largest absolute Gasteiger partial charge is 0.491 e. The smallest absolute Gasteiger partial charge is 0.124 e. The summed E-state index contributed by atoms with van der Waals surface area (Å²) in [7, 11) is 0. The normalized spacial score (nSPS) is 26.6. The Hall–Kier alpha value is -2.57. The molecule has 0 amide bonds. The van der Waals surface area contributed by atoms with Gasteiger partial charge in [-0.3, -0.25) is 4.90 Å². The van der Waals surface area contributed by atoms with E-state index in [0.717, 1.165) is 48.0 Å². The fourth-order valence-electron chi connectivity index (χ4n) is 5.89. The van der Waals surface area contributed by atoms with E-state index in [1.54, 1.807) is 0 Å². The van der Waals surface area contributed by atoms with Crippen molar-refractivity contribution in [2.75, 3.05) is 31.6 Å². The molecule has 1 aromatic heterocycles. The van der Waals surface area contributed by atoms with Gasteiger partial charge < -0.3 is 19.8 Å². The molecule has 2 aliphatic heterocycles. The van der Waals surface area contributed by atoms with Gasteiger partial charge in [-0.1, -0.05) is 43.5 Å². The molecule has 0 radical (unpaired) electrons. The van der Waals surface area contributed by atoms with E-state index in [-0.39, 0.29) is 18.2 Å². The number of hydrogen-bond donors (Lipinski definition) is 2. The summed E-state index contributed by atoms with van der Waals surface area (Å²) in [6.45, 7) is 5.45. The summed E-state index contributed by atoms with van der Waals surface area (Å²) in [5, 5.41) is 3.91. The average Bonchev–Trinajstić information content (AvgIpc) is 3.30. The highest BCUT2D eigenvalue weighted by molar-refractivity contribution is 5.88. The molecule has 3 aromatic rings. The van der Waals surface area contributed by atoms with E-state index in [9.17, 15) is 0 Å². The Balaban J connectivity index is 1.35. The zero-order chi connectivity index (χ0) is 22.2. The van der Waals surface area contributed by atoms with Crippen molar-refractivity contribution in [2.45, 2.75) is 63.1 Å². The SMILES string of the molecule is C[C@@H]1CN([C@H]2COc3ccccc3[C@@H]2Nc2cccc3[nH]c(C4CCCCC4)nc23)CCO1. The molecule has 1 aliphatic carbocycles. The van der Waals surface area contributed by atoms with Gasteiger partial charge in [-0.25, -0.2) is 4.98 Å². The van der Waals surface area contributed by atoms with E-state index < -0.39 is 0 Å².